The monoisotopic (exact) mass is 305 g/mol. The maximum atomic E-state index is 12.7. The molecule has 1 heterocycles. The van der Waals surface area contributed by atoms with Crippen LogP contribution >= 0.6 is 0 Å². The summed E-state index contributed by atoms with van der Waals surface area (Å²) < 4.78 is 38.0. The minimum Gasteiger partial charge on any atom is -0.409 e. The fourth-order valence-corrected chi connectivity index (χ4v) is 1.67. The van der Waals surface area contributed by atoms with Crippen LogP contribution in [0, 0.1) is 5.92 Å². The van der Waals surface area contributed by atoms with Gasteiger partial charge in [-0.05, 0) is 12.0 Å². The maximum Gasteiger partial charge on any atom is 0.433 e. The molecule has 0 fully saturated rings. The van der Waals surface area contributed by atoms with Crippen LogP contribution in [0.5, 0.6) is 0 Å². The average Bonchev–Trinajstić information content (AvgIpc) is 2.41. The Labute approximate surface area is 120 Å². The lowest BCUT2D eigenvalue weighted by molar-refractivity contribution is -0.141. The lowest BCUT2D eigenvalue weighted by Crippen LogP contribution is -2.33. The Hall–Kier alpha value is -2.06. The summed E-state index contributed by atoms with van der Waals surface area (Å²) in [4.78, 5) is 9.01. The Kier molecular flexibility index (Phi) is 5.74. The predicted octanol–water partition coefficient (Wildman–Crippen LogP) is 2.09. The molecule has 0 radical (unpaired) electrons. The SMILES string of the molecule is CC(C)CN(CCC(N)=NO)c1nccc(C(F)(F)F)n1. The Morgan fingerprint density at radius 1 is 1.48 bits per heavy atom. The molecule has 3 N–H and O–H groups in total. The van der Waals surface area contributed by atoms with E-state index in [9.17, 15) is 13.2 Å². The number of hydrogen-bond donors (Lipinski definition) is 2. The number of halogens is 3. The van der Waals surface area contributed by atoms with Crippen LogP contribution in [-0.2, 0) is 6.18 Å². The van der Waals surface area contributed by atoms with Crippen LogP contribution < -0.4 is 10.6 Å². The molecular formula is C12H18F3N5O. The number of hydrogen-bond acceptors (Lipinski definition) is 5. The summed E-state index contributed by atoms with van der Waals surface area (Å²) in [6, 6.07) is 0.820. The van der Waals surface area contributed by atoms with Crippen molar-refractivity contribution < 1.29 is 18.4 Å². The van der Waals surface area contributed by atoms with E-state index in [-0.39, 0.29) is 30.7 Å². The standard InChI is InChI=1S/C12H18F3N5O/c1-8(2)7-20(6-4-10(16)19-21)11-17-5-3-9(18-11)12(13,14)15/h3,5,8,21H,4,6-7H2,1-2H3,(H2,16,19). The first-order valence-corrected chi connectivity index (χ1v) is 6.35. The first kappa shape index (κ1) is 17.0. The van der Waals surface area contributed by atoms with E-state index in [0.29, 0.717) is 6.54 Å². The van der Waals surface area contributed by atoms with E-state index >= 15 is 0 Å². The second-order valence-electron chi connectivity index (χ2n) is 4.92. The molecule has 0 aliphatic carbocycles. The van der Waals surface area contributed by atoms with Crippen molar-refractivity contribution in [1.29, 1.82) is 0 Å². The molecule has 1 rings (SSSR count). The van der Waals surface area contributed by atoms with Crippen molar-refractivity contribution in [3.63, 3.8) is 0 Å². The summed E-state index contributed by atoms with van der Waals surface area (Å²) in [5, 5.41) is 11.4. The number of aromatic nitrogens is 2. The third-order valence-corrected chi connectivity index (χ3v) is 2.57. The van der Waals surface area contributed by atoms with Gasteiger partial charge in [0.1, 0.15) is 11.5 Å². The van der Waals surface area contributed by atoms with Gasteiger partial charge in [0.25, 0.3) is 0 Å². The van der Waals surface area contributed by atoms with Crippen LogP contribution in [0.25, 0.3) is 0 Å². The van der Waals surface area contributed by atoms with Crippen LogP contribution in [-0.4, -0.2) is 34.1 Å². The number of amidine groups is 1. The molecule has 1 aromatic rings. The summed E-state index contributed by atoms with van der Waals surface area (Å²) >= 11 is 0. The number of nitrogens with two attached hydrogens (primary N) is 1. The minimum atomic E-state index is -4.52. The molecule has 1 aromatic heterocycles. The Morgan fingerprint density at radius 3 is 2.67 bits per heavy atom. The van der Waals surface area contributed by atoms with Gasteiger partial charge in [-0.15, -0.1) is 0 Å². The third kappa shape index (κ3) is 5.44. The molecule has 0 aromatic carbocycles. The maximum absolute atomic E-state index is 12.7. The molecule has 0 saturated heterocycles. The second kappa shape index (κ2) is 7.09. The van der Waals surface area contributed by atoms with Gasteiger partial charge in [0.05, 0.1) is 0 Å². The fraction of sp³-hybridized carbons (Fsp3) is 0.583. The number of rotatable bonds is 6. The fourth-order valence-electron chi connectivity index (χ4n) is 1.67. The van der Waals surface area contributed by atoms with E-state index in [0.717, 1.165) is 12.3 Å². The highest BCUT2D eigenvalue weighted by Gasteiger charge is 2.33. The largest absolute Gasteiger partial charge is 0.433 e. The van der Waals surface area contributed by atoms with E-state index in [2.05, 4.69) is 15.1 Å². The lowest BCUT2D eigenvalue weighted by Gasteiger charge is -2.24. The van der Waals surface area contributed by atoms with Crippen LogP contribution in [0.4, 0.5) is 19.1 Å². The van der Waals surface area contributed by atoms with Crippen molar-refractivity contribution in [3.05, 3.63) is 18.0 Å². The normalized spacial score (nSPS) is 12.8. The van der Waals surface area contributed by atoms with Gasteiger partial charge < -0.3 is 15.8 Å². The van der Waals surface area contributed by atoms with Gasteiger partial charge in [-0.25, -0.2) is 9.97 Å². The first-order chi connectivity index (χ1) is 9.74. The van der Waals surface area contributed by atoms with E-state index in [1.54, 1.807) is 4.90 Å². The summed E-state index contributed by atoms with van der Waals surface area (Å²) in [6.45, 7) is 4.56. The van der Waals surface area contributed by atoms with E-state index < -0.39 is 11.9 Å². The van der Waals surface area contributed by atoms with Crippen LogP contribution in [0.2, 0.25) is 0 Å². The highest BCUT2D eigenvalue weighted by molar-refractivity contribution is 5.80. The highest BCUT2D eigenvalue weighted by atomic mass is 19.4. The Balaban J connectivity index is 2.97. The number of alkyl halides is 3. The van der Waals surface area contributed by atoms with Crippen LogP contribution in [0.3, 0.4) is 0 Å². The van der Waals surface area contributed by atoms with E-state index in [1.165, 1.54) is 0 Å². The zero-order valence-corrected chi connectivity index (χ0v) is 11.8. The van der Waals surface area contributed by atoms with Crippen molar-refractivity contribution in [2.75, 3.05) is 18.0 Å². The van der Waals surface area contributed by atoms with E-state index in [4.69, 9.17) is 10.9 Å². The van der Waals surface area contributed by atoms with Gasteiger partial charge in [-0.1, -0.05) is 19.0 Å². The third-order valence-electron chi connectivity index (χ3n) is 2.57. The lowest BCUT2D eigenvalue weighted by atomic mass is 10.2. The number of anilines is 1. The Bertz CT molecular complexity index is 490. The molecule has 0 atom stereocenters. The van der Waals surface area contributed by atoms with Crippen LogP contribution in [0.15, 0.2) is 17.4 Å². The average molecular weight is 305 g/mol. The molecule has 0 bridgehead atoms. The van der Waals surface area contributed by atoms with Crippen molar-refractivity contribution in [2.45, 2.75) is 26.4 Å². The molecule has 0 spiro atoms. The number of oxime groups is 1. The van der Waals surface area contributed by atoms with Gasteiger partial charge in [0, 0.05) is 25.7 Å². The number of nitrogens with zero attached hydrogens (tertiary/aromatic N) is 4. The molecule has 0 unspecified atom stereocenters. The predicted molar refractivity (Wildman–Crippen MR) is 72.1 cm³/mol. The molecule has 6 nitrogen and oxygen atoms in total. The van der Waals surface area contributed by atoms with Gasteiger partial charge >= 0.3 is 6.18 Å². The van der Waals surface area contributed by atoms with Gasteiger partial charge in [0.2, 0.25) is 5.95 Å². The van der Waals surface area contributed by atoms with Gasteiger partial charge in [-0.3, -0.25) is 0 Å². The zero-order valence-electron chi connectivity index (χ0n) is 11.8. The zero-order chi connectivity index (χ0) is 16.0. The molecule has 0 aliphatic rings. The van der Waals surface area contributed by atoms with Crippen LogP contribution in [0.1, 0.15) is 26.0 Å². The van der Waals surface area contributed by atoms with Gasteiger partial charge in [0.15, 0.2) is 0 Å². The smallest absolute Gasteiger partial charge is 0.409 e. The summed E-state index contributed by atoms with van der Waals surface area (Å²) in [6.07, 6.45) is -3.25. The quantitative estimate of drug-likeness (QED) is 0.364. The summed E-state index contributed by atoms with van der Waals surface area (Å²) in [7, 11) is 0. The van der Waals surface area contributed by atoms with Crippen molar-refractivity contribution in [1.82, 2.24) is 9.97 Å². The van der Waals surface area contributed by atoms with Crippen molar-refractivity contribution in [3.8, 4) is 0 Å². The molecule has 118 valence electrons. The summed E-state index contributed by atoms with van der Waals surface area (Å²) in [5.74, 6) is 0.162. The first-order valence-electron chi connectivity index (χ1n) is 6.35. The molecule has 0 aliphatic heterocycles. The Morgan fingerprint density at radius 2 is 2.14 bits per heavy atom. The molecular weight excluding hydrogens is 287 g/mol. The summed E-state index contributed by atoms with van der Waals surface area (Å²) in [5.41, 5.74) is 4.39. The van der Waals surface area contributed by atoms with Crippen molar-refractivity contribution >= 4 is 11.8 Å². The molecule has 0 saturated carbocycles. The molecule has 21 heavy (non-hydrogen) atoms. The van der Waals surface area contributed by atoms with E-state index in [1.807, 2.05) is 13.8 Å². The second-order valence-corrected chi connectivity index (χ2v) is 4.92. The van der Waals surface area contributed by atoms with Crippen molar-refractivity contribution in [2.24, 2.45) is 16.8 Å². The topological polar surface area (TPSA) is 87.6 Å². The highest BCUT2D eigenvalue weighted by Crippen LogP contribution is 2.28. The molecule has 0 amide bonds. The molecule has 9 heteroatoms. The minimum absolute atomic E-state index is 0.00395. The van der Waals surface area contributed by atoms with Gasteiger partial charge in [-0.2, -0.15) is 13.2 Å².